The first-order chi connectivity index (χ1) is 10.1. The minimum atomic E-state index is 0.0549. The van der Waals surface area contributed by atoms with Crippen LogP contribution >= 0.6 is 0 Å². The Kier molecular flexibility index (Phi) is 5.65. The van der Waals surface area contributed by atoms with E-state index < -0.39 is 0 Å². The molecule has 0 aromatic carbocycles. The summed E-state index contributed by atoms with van der Waals surface area (Å²) in [7, 11) is 0. The Morgan fingerprint density at radius 1 is 1.29 bits per heavy atom. The van der Waals surface area contributed by atoms with Crippen LogP contribution in [0.1, 0.15) is 52.9 Å². The average Bonchev–Trinajstić information content (AvgIpc) is 2.44. The molecule has 1 saturated carbocycles. The van der Waals surface area contributed by atoms with E-state index in [1.54, 1.807) is 0 Å². The van der Waals surface area contributed by atoms with Crippen molar-refractivity contribution in [2.24, 2.45) is 11.8 Å². The number of ether oxygens (including phenoxy) is 1. The van der Waals surface area contributed by atoms with Gasteiger partial charge in [0.05, 0.1) is 6.10 Å². The number of nitrogens with one attached hydrogen (secondary N) is 1. The molecule has 1 heterocycles. The minimum absolute atomic E-state index is 0.0549. The highest BCUT2D eigenvalue weighted by atomic mass is 16.5. The summed E-state index contributed by atoms with van der Waals surface area (Å²) in [5.41, 5.74) is 6.56. The summed E-state index contributed by atoms with van der Waals surface area (Å²) in [6, 6.07) is 0. The maximum absolute atomic E-state index is 6.06. The molecule has 1 aromatic heterocycles. The Morgan fingerprint density at radius 2 is 2.00 bits per heavy atom. The van der Waals surface area contributed by atoms with Crippen molar-refractivity contribution in [2.75, 3.05) is 17.6 Å². The van der Waals surface area contributed by atoms with E-state index in [4.69, 9.17) is 10.5 Å². The van der Waals surface area contributed by atoms with E-state index in [-0.39, 0.29) is 6.10 Å². The van der Waals surface area contributed by atoms with E-state index in [0.29, 0.717) is 17.4 Å². The number of nitrogens with two attached hydrogens (primary N) is 1. The molecule has 21 heavy (non-hydrogen) atoms. The van der Waals surface area contributed by atoms with Gasteiger partial charge < -0.3 is 15.8 Å². The lowest BCUT2D eigenvalue weighted by atomic mass is 9.81. The second kappa shape index (κ2) is 7.48. The van der Waals surface area contributed by atoms with Crippen LogP contribution in [0.3, 0.4) is 0 Å². The van der Waals surface area contributed by atoms with Crippen LogP contribution in [0.2, 0.25) is 0 Å². The maximum Gasteiger partial charge on any atom is 0.242 e. The van der Waals surface area contributed by atoms with Gasteiger partial charge in [-0.05, 0) is 32.1 Å². The second-order valence-corrected chi connectivity index (χ2v) is 6.45. The van der Waals surface area contributed by atoms with Crippen LogP contribution < -0.4 is 15.8 Å². The van der Waals surface area contributed by atoms with E-state index >= 15 is 0 Å². The fraction of sp³-hybridized carbons (Fsp3) is 0.750. The molecule has 0 bridgehead atoms. The van der Waals surface area contributed by atoms with Gasteiger partial charge in [0.15, 0.2) is 5.82 Å². The molecular formula is C16H28N4O. The first kappa shape index (κ1) is 15.9. The highest BCUT2D eigenvalue weighted by molar-refractivity contribution is 5.66. The van der Waals surface area contributed by atoms with Crippen molar-refractivity contribution in [3.8, 4) is 5.88 Å². The van der Waals surface area contributed by atoms with Gasteiger partial charge in [0.1, 0.15) is 12.0 Å². The molecule has 0 spiro atoms. The van der Waals surface area contributed by atoms with Crippen molar-refractivity contribution in [2.45, 2.75) is 59.0 Å². The zero-order valence-corrected chi connectivity index (χ0v) is 13.4. The third-order valence-electron chi connectivity index (χ3n) is 4.18. The third kappa shape index (κ3) is 4.76. The van der Waals surface area contributed by atoms with Gasteiger partial charge in [0, 0.05) is 6.54 Å². The summed E-state index contributed by atoms with van der Waals surface area (Å²) in [6.07, 6.45) is 8.17. The fourth-order valence-corrected chi connectivity index (χ4v) is 2.85. The van der Waals surface area contributed by atoms with Crippen molar-refractivity contribution in [3.05, 3.63) is 6.33 Å². The van der Waals surface area contributed by atoms with Crippen LogP contribution in [0, 0.1) is 11.8 Å². The standard InChI is InChI=1S/C16H28N4O/c1-11(2)21-16-14(17)15(19-10-20-16)18-9-8-13-6-4-12(3)5-7-13/h10-13H,4-9,17H2,1-3H3,(H,18,19,20). The van der Waals surface area contributed by atoms with E-state index in [1.165, 1.54) is 38.4 Å². The smallest absolute Gasteiger partial charge is 0.242 e. The summed E-state index contributed by atoms with van der Waals surface area (Å²) in [4.78, 5) is 8.30. The van der Waals surface area contributed by atoms with Crippen molar-refractivity contribution in [1.82, 2.24) is 9.97 Å². The van der Waals surface area contributed by atoms with E-state index in [9.17, 15) is 0 Å². The minimum Gasteiger partial charge on any atom is -0.473 e. The Bertz CT molecular complexity index is 442. The summed E-state index contributed by atoms with van der Waals surface area (Å²) < 4.78 is 5.58. The number of aromatic nitrogens is 2. The second-order valence-electron chi connectivity index (χ2n) is 6.45. The normalized spacial score (nSPS) is 22.3. The zero-order chi connectivity index (χ0) is 15.2. The molecule has 1 aliphatic rings. The summed E-state index contributed by atoms with van der Waals surface area (Å²) in [5, 5.41) is 3.33. The number of hydrogen-bond acceptors (Lipinski definition) is 5. The lowest BCUT2D eigenvalue weighted by molar-refractivity contribution is 0.234. The molecule has 5 heteroatoms. The predicted octanol–water partition coefficient (Wildman–Crippen LogP) is 3.47. The van der Waals surface area contributed by atoms with Gasteiger partial charge in [-0.1, -0.05) is 32.6 Å². The van der Waals surface area contributed by atoms with Crippen LogP contribution in [0.25, 0.3) is 0 Å². The Balaban J connectivity index is 1.83. The predicted molar refractivity (Wildman–Crippen MR) is 86.4 cm³/mol. The van der Waals surface area contributed by atoms with Crippen LogP contribution in [-0.4, -0.2) is 22.6 Å². The number of anilines is 2. The van der Waals surface area contributed by atoms with Crippen molar-refractivity contribution in [1.29, 1.82) is 0 Å². The monoisotopic (exact) mass is 292 g/mol. The molecule has 3 N–H and O–H groups in total. The van der Waals surface area contributed by atoms with Gasteiger partial charge >= 0.3 is 0 Å². The third-order valence-corrected chi connectivity index (χ3v) is 4.18. The molecule has 0 atom stereocenters. The lowest BCUT2D eigenvalue weighted by Gasteiger charge is -2.26. The van der Waals surface area contributed by atoms with Crippen molar-refractivity contribution >= 4 is 11.5 Å². The van der Waals surface area contributed by atoms with E-state index in [0.717, 1.165) is 18.4 Å². The van der Waals surface area contributed by atoms with Gasteiger partial charge in [0.2, 0.25) is 5.88 Å². The molecule has 0 unspecified atom stereocenters. The first-order valence-electron chi connectivity index (χ1n) is 8.07. The molecule has 1 fully saturated rings. The van der Waals surface area contributed by atoms with Gasteiger partial charge in [-0.2, -0.15) is 4.98 Å². The number of nitrogen functional groups attached to an aromatic ring is 1. The molecule has 0 aliphatic heterocycles. The quantitative estimate of drug-likeness (QED) is 0.840. The largest absolute Gasteiger partial charge is 0.473 e. The molecule has 0 radical (unpaired) electrons. The molecule has 0 amide bonds. The molecule has 2 rings (SSSR count). The Labute approximate surface area is 127 Å². The highest BCUT2D eigenvalue weighted by Gasteiger charge is 2.18. The number of rotatable bonds is 6. The average molecular weight is 292 g/mol. The molecule has 1 aromatic rings. The first-order valence-corrected chi connectivity index (χ1v) is 8.07. The SMILES string of the molecule is CC1CCC(CCNc2ncnc(OC(C)C)c2N)CC1. The van der Waals surface area contributed by atoms with Crippen LogP contribution in [0.15, 0.2) is 6.33 Å². The van der Waals surface area contributed by atoms with Crippen molar-refractivity contribution < 1.29 is 4.74 Å². The molecular weight excluding hydrogens is 264 g/mol. The highest BCUT2D eigenvalue weighted by Crippen LogP contribution is 2.31. The van der Waals surface area contributed by atoms with Gasteiger partial charge in [0.25, 0.3) is 0 Å². The van der Waals surface area contributed by atoms with Gasteiger partial charge in [-0.15, -0.1) is 0 Å². The van der Waals surface area contributed by atoms with E-state index in [2.05, 4.69) is 22.2 Å². The van der Waals surface area contributed by atoms with Crippen molar-refractivity contribution in [3.63, 3.8) is 0 Å². The van der Waals surface area contributed by atoms with Crippen LogP contribution in [0.4, 0.5) is 11.5 Å². The maximum atomic E-state index is 6.06. The molecule has 0 saturated heterocycles. The number of nitrogens with zero attached hydrogens (tertiary/aromatic N) is 2. The zero-order valence-electron chi connectivity index (χ0n) is 13.4. The summed E-state index contributed by atoms with van der Waals surface area (Å²) in [6.45, 7) is 7.17. The summed E-state index contributed by atoms with van der Waals surface area (Å²) in [5.74, 6) is 2.89. The van der Waals surface area contributed by atoms with Crippen LogP contribution in [-0.2, 0) is 0 Å². The van der Waals surface area contributed by atoms with E-state index in [1.807, 2.05) is 13.8 Å². The molecule has 5 nitrogen and oxygen atoms in total. The van der Waals surface area contributed by atoms with Gasteiger partial charge in [-0.25, -0.2) is 4.98 Å². The Hall–Kier alpha value is -1.52. The molecule has 118 valence electrons. The Morgan fingerprint density at radius 3 is 2.67 bits per heavy atom. The number of hydrogen-bond donors (Lipinski definition) is 2. The van der Waals surface area contributed by atoms with Crippen LogP contribution in [0.5, 0.6) is 5.88 Å². The molecule has 1 aliphatic carbocycles. The lowest BCUT2D eigenvalue weighted by Crippen LogP contribution is -2.17. The fourth-order valence-electron chi connectivity index (χ4n) is 2.85. The topological polar surface area (TPSA) is 73.1 Å². The summed E-state index contributed by atoms with van der Waals surface area (Å²) >= 11 is 0. The van der Waals surface area contributed by atoms with Gasteiger partial charge in [-0.3, -0.25) is 0 Å².